The summed E-state index contributed by atoms with van der Waals surface area (Å²) in [7, 11) is 0. The fourth-order valence-corrected chi connectivity index (χ4v) is 0. The van der Waals surface area contributed by atoms with Gasteiger partial charge in [0, 0.05) is 0 Å². The normalized spacial score (nSPS) is 2.50. The smallest absolute Gasteiger partial charge is 0.237 e. The highest BCUT2D eigenvalue weighted by atomic mass is 16.4. The molecule has 0 heterocycles. The van der Waals surface area contributed by atoms with Gasteiger partial charge >= 0.3 is 0 Å². The Morgan fingerprint density at radius 2 is 2.00 bits per heavy atom. The topological polar surface area (TPSA) is 51.2 Å². The quantitative estimate of drug-likeness (QED) is 0.249. The third-order valence-corrected chi connectivity index (χ3v) is 0. The second kappa shape index (κ2) is 48.0. The number of hydrogen-bond acceptors (Lipinski definition) is 2. The lowest BCUT2D eigenvalue weighted by Gasteiger charge is -1.26. The van der Waals surface area contributed by atoms with Gasteiger partial charge < -0.3 is 5.21 Å². The highest BCUT2D eigenvalue weighted by Gasteiger charge is 1.19. The van der Waals surface area contributed by atoms with Crippen LogP contribution in [0, 0.1) is 22.9 Å². The third-order valence-electron chi connectivity index (χ3n) is 0. The van der Waals surface area contributed by atoms with E-state index in [2.05, 4.69) is 12.3 Å². The minimum absolute atomic E-state index is 1.25. The van der Waals surface area contributed by atoms with Gasteiger partial charge in [0.1, 0.15) is 0 Å². The third kappa shape index (κ3) is 5.92. The average Bonchev–Trinajstić information content (AvgIpc) is 1.39. The van der Waals surface area contributed by atoms with E-state index >= 15 is 0 Å². The van der Waals surface area contributed by atoms with Gasteiger partial charge in [0.05, 0.1) is 0 Å². The summed E-state index contributed by atoms with van der Waals surface area (Å²) in [4.78, 5) is 0. The fraction of sp³-hybridized carbons (Fsp3) is 0.333. The predicted molar refractivity (Wildman–Crippen MR) is 23.0 cm³/mol. The predicted octanol–water partition coefficient (Wildman–Crippen LogP) is 0.977. The summed E-state index contributed by atoms with van der Waals surface area (Å²) in [6.45, 7) is 1.65. The van der Waals surface area contributed by atoms with Crippen LogP contribution in [0.4, 0.5) is 0 Å². The van der Waals surface area contributed by atoms with Crippen LogP contribution in [-0.2, 0) is 0 Å². The zero-order valence-electron chi connectivity index (χ0n) is 3.38. The van der Waals surface area contributed by atoms with Crippen molar-refractivity contribution in [3.63, 3.8) is 0 Å². The van der Waals surface area contributed by atoms with Gasteiger partial charge in [-0.25, -0.2) is 0 Å². The molecule has 0 bridgehead atoms. The van der Waals surface area contributed by atoms with Crippen molar-refractivity contribution < 1.29 is 0 Å². The van der Waals surface area contributed by atoms with Crippen LogP contribution < -0.4 is 0 Å². The molecule has 0 fully saturated rings. The molecule has 0 aromatic rings. The van der Waals surface area contributed by atoms with Crippen LogP contribution in [0.5, 0.6) is 0 Å². The van der Waals surface area contributed by atoms with Crippen molar-refractivity contribution in [2.45, 2.75) is 6.92 Å². The molecule has 0 saturated heterocycles. The van der Waals surface area contributed by atoms with Crippen molar-refractivity contribution in [1.82, 2.24) is 0 Å². The first-order valence-corrected chi connectivity index (χ1v) is 1.17. The van der Waals surface area contributed by atoms with Gasteiger partial charge in [0.15, 0.2) is 0 Å². The summed E-state index contributed by atoms with van der Waals surface area (Å²) in [5.41, 5.74) is 0. The van der Waals surface area contributed by atoms with Crippen molar-refractivity contribution in [2.24, 2.45) is 0 Å². The van der Waals surface area contributed by atoms with Crippen molar-refractivity contribution in [3.05, 3.63) is 10.3 Å². The second-order valence-corrected chi connectivity index (χ2v) is 0.370. The largest absolute Gasteiger partial charge is 0.463 e. The van der Waals surface area contributed by atoms with Gasteiger partial charge in [-0.3, -0.25) is 0 Å². The first-order valence-electron chi connectivity index (χ1n) is 1.17. The molecule has 32 valence electrons. The molecule has 6 heavy (non-hydrogen) atoms. The molecule has 0 aliphatic heterocycles. The van der Waals surface area contributed by atoms with Crippen LogP contribution in [-0.4, -0.2) is 0 Å². The number of diazo groups is 1. The molecule has 0 unspecified atom stereocenters. The molecule has 0 spiro atoms. The molecular formula is C3H4N2O. The van der Waals surface area contributed by atoms with E-state index in [0.29, 0.717) is 0 Å². The molecule has 0 aromatic carbocycles. The second-order valence-electron chi connectivity index (χ2n) is 0.370. The standard InChI is InChI=1S/C3H4.N2O/c1-3-2;1-2-3/h1H,2H3;. The van der Waals surface area contributed by atoms with Crippen LogP contribution in [0.3, 0.4) is 0 Å². The Kier molecular flexibility index (Phi) is 70.7. The Balaban J connectivity index is 0. The SMILES string of the molecule is C#CC.N#[N+][O-]. The summed E-state index contributed by atoms with van der Waals surface area (Å²) in [6, 6.07) is 0. The van der Waals surface area contributed by atoms with Gasteiger partial charge in [-0.2, -0.15) is 0 Å². The summed E-state index contributed by atoms with van der Waals surface area (Å²) in [6.07, 6.45) is 4.60. The van der Waals surface area contributed by atoms with Crippen LogP contribution in [0.15, 0.2) is 0 Å². The van der Waals surface area contributed by atoms with E-state index in [1.807, 2.05) is 0 Å². The van der Waals surface area contributed by atoms with Crippen LogP contribution in [0.25, 0.3) is 5.14 Å². The Labute approximate surface area is 36.2 Å². The molecule has 0 atom stereocenters. The van der Waals surface area contributed by atoms with Crippen molar-refractivity contribution in [1.29, 1.82) is 5.39 Å². The van der Waals surface area contributed by atoms with E-state index < -0.39 is 0 Å². The van der Waals surface area contributed by atoms with Gasteiger partial charge in [-0.15, -0.1) is 12.3 Å². The maximum atomic E-state index is 8.11. The van der Waals surface area contributed by atoms with E-state index in [1.54, 1.807) is 6.92 Å². The molecule has 3 heteroatoms. The zero-order valence-corrected chi connectivity index (χ0v) is 3.38. The Hall–Kier alpha value is -1.22. The summed E-state index contributed by atoms with van der Waals surface area (Å²) < 4.78 is 0. The van der Waals surface area contributed by atoms with E-state index in [9.17, 15) is 0 Å². The minimum atomic E-state index is 1.25. The minimum Gasteiger partial charge on any atom is -0.463 e. The van der Waals surface area contributed by atoms with E-state index in [4.69, 9.17) is 10.6 Å². The lowest BCUT2D eigenvalue weighted by Crippen LogP contribution is -1.10. The number of hydrogen-bond donors (Lipinski definition) is 0. The van der Waals surface area contributed by atoms with E-state index in [1.165, 1.54) is 5.14 Å². The molecule has 0 rings (SSSR count). The van der Waals surface area contributed by atoms with Gasteiger partial charge in [0.2, 0.25) is 10.5 Å². The highest BCUT2D eigenvalue weighted by Crippen LogP contribution is 1.32. The Morgan fingerprint density at radius 3 is 2.00 bits per heavy atom. The maximum absolute atomic E-state index is 8.11. The molecule has 3 nitrogen and oxygen atoms in total. The summed E-state index contributed by atoms with van der Waals surface area (Å²) in [5.74, 6) is 2.25. The number of nitrogens with zero attached hydrogens (tertiary/aromatic N) is 2. The van der Waals surface area contributed by atoms with Gasteiger partial charge in [0.25, 0.3) is 0 Å². The first kappa shape index (κ1) is 8.84. The lowest BCUT2D eigenvalue weighted by atomic mass is 10.9. The van der Waals surface area contributed by atoms with Crippen LogP contribution in [0.1, 0.15) is 6.92 Å². The van der Waals surface area contributed by atoms with E-state index in [0.717, 1.165) is 0 Å². The van der Waals surface area contributed by atoms with Crippen LogP contribution >= 0.6 is 0 Å². The van der Waals surface area contributed by atoms with Crippen LogP contribution in [0.2, 0.25) is 0 Å². The maximum Gasteiger partial charge on any atom is 0.237 e. The molecule has 0 aliphatic carbocycles. The Bertz CT molecular complexity index is 63.8. The summed E-state index contributed by atoms with van der Waals surface area (Å²) >= 11 is 0. The molecule has 0 N–H and O–H groups in total. The zero-order chi connectivity index (χ0) is 5.41. The molecule has 0 saturated carbocycles. The first-order chi connectivity index (χ1) is 2.83. The van der Waals surface area contributed by atoms with Crippen molar-refractivity contribution in [2.75, 3.05) is 0 Å². The number of terminal acetylenes is 1. The fourth-order valence-electron chi connectivity index (χ4n) is 0. The number of rotatable bonds is 0. The molecule has 0 aliphatic rings. The van der Waals surface area contributed by atoms with Gasteiger partial charge in [-0.1, -0.05) is 0 Å². The summed E-state index contributed by atoms with van der Waals surface area (Å²) in [5, 5.41) is 16.0. The van der Waals surface area contributed by atoms with Crippen molar-refractivity contribution in [3.8, 4) is 12.3 Å². The average molecular weight is 84.1 g/mol. The van der Waals surface area contributed by atoms with Crippen molar-refractivity contribution >= 4 is 0 Å². The molecular weight excluding hydrogens is 80.0 g/mol. The molecule has 0 aromatic heterocycles. The lowest BCUT2D eigenvalue weighted by molar-refractivity contribution is 1.48. The Morgan fingerprint density at radius 1 is 2.00 bits per heavy atom. The van der Waals surface area contributed by atoms with Gasteiger partial charge in [-0.05, 0) is 6.92 Å². The molecule has 0 radical (unpaired) electrons. The van der Waals surface area contributed by atoms with E-state index in [-0.39, 0.29) is 0 Å². The molecule has 0 amide bonds. The monoisotopic (exact) mass is 84.0 g/mol. The highest BCUT2D eigenvalue weighted by molar-refractivity contribution is 4.73.